The Bertz CT molecular complexity index is 1790. The highest BCUT2D eigenvalue weighted by Gasteiger charge is 2.53. The van der Waals surface area contributed by atoms with Crippen LogP contribution in [0.3, 0.4) is 0 Å². The third-order valence-electron chi connectivity index (χ3n) is 8.30. The van der Waals surface area contributed by atoms with Gasteiger partial charge < -0.3 is 58.7 Å². The fourth-order valence-corrected chi connectivity index (χ4v) is 6.12. The van der Waals surface area contributed by atoms with Gasteiger partial charge in [0.2, 0.25) is 0 Å². The molecule has 0 bridgehead atoms. The van der Waals surface area contributed by atoms with Gasteiger partial charge in [0.05, 0.1) is 78.1 Å². The highest BCUT2D eigenvalue weighted by atomic mass is 32.1. The van der Waals surface area contributed by atoms with Crippen molar-refractivity contribution in [3.63, 3.8) is 0 Å². The maximum absolute atomic E-state index is 13.6. The third-order valence-corrected chi connectivity index (χ3v) is 8.66. The van der Waals surface area contributed by atoms with Gasteiger partial charge in [-0.15, -0.1) is 0 Å². The first kappa shape index (κ1) is 40.0. The Morgan fingerprint density at radius 2 is 1.33 bits per heavy atom. The van der Waals surface area contributed by atoms with E-state index in [2.05, 4.69) is 15.3 Å². The van der Waals surface area contributed by atoms with Gasteiger partial charge in [0.1, 0.15) is 23.0 Å². The molecule has 288 valence electrons. The van der Waals surface area contributed by atoms with E-state index in [0.29, 0.717) is 99.0 Å². The number of carboxylic acid groups (broad SMARTS) is 1. The summed E-state index contributed by atoms with van der Waals surface area (Å²) in [7, 11) is 0. The fraction of sp³-hybridized carbons (Fsp3) is 0.417. The van der Waals surface area contributed by atoms with Gasteiger partial charge in [-0.25, -0.2) is 4.79 Å². The van der Waals surface area contributed by atoms with Crippen molar-refractivity contribution in [3.05, 3.63) is 87.3 Å². The number of phenolic OH excluding ortho intramolecular Hbond substituents is 2. The fourth-order valence-electron chi connectivity index (χ4n) is 5.82. The molecule has 1 spiro atoms. The Kier molecular flexibility index (Phi) is 14.6. The minimum Gasteiger partial charge on any atom is -0.508 e. The van der Waals surface area contributed by atoms with Gasteiger partial charge in [-0.05, 0) is 54.1 Å². The summed E-state index contributed by atoms with van der Waals surface area (Å²) in [5, 5.41) is 36.0. The first-order chi connectivity index (χ1) is 26.2. The summed E-state index contributed by atoms with van der Waals surface area (Å²) in [6.45, 7) is 3.98. The molecule has 5 rings (SSSR count). The number of esters is 1. The molecule has 4 N–H and O–H groups in total. The van der Waals surface area contributed by atoms with Crippen LogP contribution in [0, 0.1) is 0 Å². The molecule has 0 atom stereocenters. The second-order valence-electron chi connectivity index (χ2n) is 11.9. The zero-order chi connectivity index (χ0) is 38.3. The van der Waals surface area contributed by atoms with Crippen LogP contribution in [0.1, 0.15) is 33.5 Å². The predicted molar refractivity (Wildman–Crippen MR) is 196 cm³/mol. The SMILES string of the molecule is [N-]=[N+]=NCCOCCOCCN(CCOCCOCCOCCC(=O)O)C(=S)Nc1ccc2c(c1)C(=O)OC21c2ccc(O)cc2Oc2cc(O)ccc21. The number of thiocarbonyl (C=S) groups is 1. The number of nitrogens with zero attached hydrogens (tertiary/aromatic N) is 4. The van der Waals surface area contributed by atoms with Crippen LogP contribution in [0.4, 0.5) is 5.69 Å². The standard InChI is InChI=1S/C36H41N5O12S/c37-40-38-8-12-48-16-17-49-13-9-41(10-14-50-18-20-51-19-15-47-11-7-33(44)45)35(54)39-24-1-4-28-27(21-24)34(46)53-36(28)29-5-2-25(42)22-31(29)52-32-23-26(43)3-6-30(32)36/h1-6,21-23,42-43H,7-20H2,(H,39,54)(H,44,45). The lowest BCUT2D eigenvalue weighted by Gasteiger charge is -2.36. The number of nitrogens with one attached hydrogen (secondary N) is 1. The molecule has 0 radical (unpaired) electrons. The van der Waals surface area contributed by atoms with Crippen molar-refractivity contribution < 1.29 is 58.1 Å². The summed E-state index contributed by atoms with van der Waals surface area (Å²) in [5.41, 5.74) is 9.40. The molecule has 0 unspecified atom stereocenters. The van der Waals surface area contributed by atoms with Gasteiger partial charge >= 0.3 is 11.9 Å². The van der Waals surface area contributed by atoms with Crippen molar-refractivity contribution in [2.24, 2.45) is 5.11 Å². The number of ether oxygens (including phenoxy) is 7. The van der Waals surface area contributed by atoms with Crippen molar-refractivity contribution in [2.45, 2.75) is 12.0 Å². The second-order valence-corrected chi connectivity index (χ2v) is 12.3. The number of benzene rings is 3. The van der Waals surface area contributed by atoms with Gasteiger partial charge in [0.25, 0.3) is 0 Å². The van der Waals surface area contributed by atoms with Crippen LogP contribution >= 0.6 is 12.2 Å². The molecular formula is C36H41N5O12S. The topological polar surface area (TPSA) is 223 Å². The summed E-state index contributed by atoms with van der Waals surface area (Å²) >= 11 is 5.79. The van der Waals surface area contributed by atoms with Crippen molar-refractivity contribution in [2.75, 3.05) is 91.0 Å². The maximum Gasteiger partial charge on any atom is 0.340 e. The number of aromatic hydroxyl groups is 2. The van der Waals surface area contributed by atoms with E-state index in [9.17, 15) is 19.8 Å². The summed E-state index contributed by atoms with van der Waals surface area (Å²) in [4.78, 5) is 28.7. The Hall–Kier alpha value is -5.20. The van der Waals surface area contributed by atoms with Crippen LogP contribution in [-0.4, -0.2) is 123 Å². The van der Waals surface area contributed by atoms with Crippen LogP contribution in [0.25, 0.3) is 10.4 Å². The van der Waals surface area contributed by atoms with Crippen molar-refractivity contribution in [1.82, 2.24) is 4.90 Å². The summed E-state index contributed by atoms with van der Waals surface area (Å²) in [6.07, 6.45) is -0.0624. The van der Waals surface area contributed by atoms with Crippen molar-refractivity contribution in [1.29, 1.82) is 0 Å². The van der Waals surface area contributed by atoms with E-state index in [1.165, 1.54) is 24.3 Å². The molecule has 2 aliphatic heterocycles. The maximum atomic E-state index is 13.6. The van der Waals surface area contributed by atoms with Gasteiger partial charge in [-0.1, -0.05) is 11.2 Å². The smallest absolute Gasteiger partial charge is 0.340 e. The molecule has 0 fully saturated rings. The number of phenols is 2. The minimum absolute atomic E-state index is 0.0359. The van der Waals surface area contributed by atoms with Crippen LogP contribution in [0.15, 0.2) is 59.7 Å². The summed E-state index contributed by atoms with van der Waals surface area (Å²) < 4.78 is 39.7. The zero-order valence-corrected chi connectivity index (χ0v) is 30.1. The molecule has 0 aromatic heterocycles. The Morgan fingerprint density at radius 3 is 1.91 bits per heavy atom. The first-order valence-electron chi connectivity index (χ1n) is 17.1. The number of carbonyl (C=O) groups is 2. The van der Waals surface area contributed by atoms with Crippen LogP contribution in [-0.2, 0) is 38.8 Å². The molecule has 0 aliphatic carbocycles. The van der Waals surface area contributed by atoms with E-state index in [-0.39, 0.29) is 49.2 Å². The zero-order valence-electron chi connectivity index (χ0n) is 29.3. The molecule has 54 heavy (non-hydrogen) atoms. The van der Waals surface area contributed by atoms with Gasteiger partial charge in [-0.2, -0.15) is 0 Å². The van der Waals surface area contributed by atoms with Crippen LogP contribution < -0.4 is 10.1 Å². The molecule has 18 heteroatoms. The lowest BCUT2D eigenvalue weighted by Crippen LogP contribution is -2.39. The second kappa shape index (κ2) is 19.8. The minimum atomic E-state index is -1.39. The summed E-state index contributed by atoms with van der Waals surface area (Å²) in [6, 6.07) is 14.4. The monoisotopic (exact) mass is 767 g/mol. The van der Waals surface area contributed by atoms with E-state index in [1.54, 1.807) is 30.3 Å². The lowest BCUT2D eigenvalue weighted by atomic mass is 9.77. The van der Waals surface area contributed by atoms with E-state index in [0.717, 1.165) is 0 Å². The quantitative estimate of drug-likeness (QED) is 0.0275. The van der Waals surface area contributed by atoms with E-state index in [4.69, 9.17) is 56.0 Å². The molecule has 0 saturated carbocycles. The molecule has 3 aromatic rings. The predicted octanol–water partition coefficient (Wildman–Crippen LogP) is 4.53. The molecule has 17 nitrogen and oxygen atoms in total. The normalized spacial score (nSPS) is 13.2. The third kappa shape index (κ3) is 10.3. The highest BCUT2D eigenvalue weighted by molar-refractivity contribution is 7.80. The number of carbonyl (C=O) groups excluding carboxylic acids is 1. The lowest BCUT2D eigenvalue weighted by molar-refractivity contribution is -0.138. The molecule has 0 amide bonds. The number of hydrogen-bond acceptors (Lipinski definition) is 13. The van der Waals surface area contributed by atoms with Gasteiger partial charge in [0, 0.05) is 59.1 Å². The molecule has 0 saturated heterocycles. The van der Waals surface area contributed by atoms with Crippen LogP contribution in [0.5, 0.6) is 23.0 Å². The number of anilines is 1. The highest BCUT2D eigenvalue weighted by Crippen LogP contribution is 2.57. The van der Waals surface area contributed by atoms with Crippen molar-refractivity contribution in [3.8, 4) is 23.0 Å². The van der Waals surface area contributed by atoms with Gasteiger partial charge in [-0.3, -0.25) is 4.79 Å². The number of aliphatic carboxylic acids is 1. The number of fused-ring (bicyclic) bond motifs is 6. The Balaban J connectivity index is 1.22. The molecule has 3 aromatic carbocycles. The Morgan fingerprint density at radius 1 is 0.796 bits per heavy atom. The van der Waals surface area contributed by atoms with E-state index < -0.39 is 17.5 Å². The average molecular weight is 768 g/mol. The number of hydrogen-bond donors (Lipinski definition) is 4. The van der Waals surface area contributed by atoms with Crippen LogP contribution in [0.2, 0.25) is 0 Å². The molecule has 2 aliphatic rings. The summed E-state index contributed by atoms with van der Waals surface area (Å²) in [5.74, 6) is -1.00. The average Bonchev–Trinajstić information content (AvgIpc) is 3.42. The number of rotatable bonds is 22. The molecular weight excluding hydrogens is 726 g/mol. The van der Waals surface area contributed by atoms with E-state index in [1.807, 2.05) is 4.90 Å². The largest absolute Gasteiger partial charge is 0.508 e. The number of carboxylic acids is 1. The Labute approximate surface area is 315 Å². The van der Waals surface area contributed by atoms with Crippen molar-refractivity contribution >= 4 is 35.0 Å². The van der Waals surface area contributed by atoms with E-state index >= 15 is 0 Å². The van der Waals surface area contributed by atoms with Gasteiger partial charge in [0.15, 0.2) is 10.7 Å². The first-order valence-corrected chi connectivity index (χ1v) is 17.5. The number of azide groups is 1. The molecule has 2 heterocycles.